The van der Waals surface area contributed by atoms with Crippen molar-refractivity contribution in [1.82, 2.24) is 0 Å². The van der Waals surface area contributed by atoms with Crippen LogP contribution in [0.15, 0.2) is 18.2 Å². The quantitative estimate of drug-likeness (QED) is 0.789. The number of nitrogens with two attached hydrogens (primary N) is 1. The lowest BCUT2D eigenvalue weighted by Gasteiger charge is -2.11. The number of aliphatic hydroxyl groups excluding tert-OH is 1. The Morgan fingerprint density at radius 2 is 2.06 bits per heavy atom. The molecule has 0 radical (unpaired) electrons. The monoisotopic (exact) mass is 249 g/mol. The van der Waals surface area contributed by atoms with Crippen molar-refractivity contribution in [3.05, 3.63) is 34.9 Å². The first-order valence-corrected chi connectivity index (χ1v) is 4.54. The molecule has 0 bridgehead atoms. The zero-order valence-electron chi connectivity index (χ0n) is 8.62. The minimum absolute atomic E-state index is 0.188. The van der Waals surface area contributed by atoms with E-state index in [9.17, 15) is 18.0 Å². The Labute approximate surface area is 94.8 Å². The van der Waals surface area contributed by atoms with Crippen molar-refractivity contribution in [1.29, 1.82) is 0 Å². The van der Waals surface area contributed by atoms with Gasteiger partial charge in [-0.25, -0.2) is 0 Å². The van der Waals surface area contributed by atoms with Gasteiger partial charge < -0.3 is 15.6 Å². The summed E-state index contributed by atoms with van der Waals surface area (Å²) >= 11 is 0. The van der Waals surface area contributed by atoms with E-state index in [2.05, 4.69) is 4.74 Å². The van der Waals surface area contributed by atoms with E-state index in [1.807, 2.05) is 0 Å². The number of primary amides is 1. The van der Waals surface area contributed by atoms with Crippen molar-refractivity contribution in [3.63, 3.8) is 0 Å². The molecule has 0 aliphatic carbocycles. The summed E-state index contributed by atoms with van der Waals surface area (Å²) in [6.45, 7) is -0.786. The normalized spacial score (nSPS) is 11.5. The van der Waals surface area contributed by atoms with Gasteiger partial charge >= 0.3 is 6.18 Å². The molecule has 0 saturated carbocycles. The van der Waals surface area contributed by atoms with Crippen LogP contribution in [0.1, 0.15) is 21.5 Å². The van der Waals surface area contributed by atoms with Crippen LogP contribution in [0.4, 0.5) is 13.2 Å². The molecule has 1 aromatic rings. The maximum Gasteiger partial charge on any atom is 0.416 e. The Hall–Kier alpha value is -1.60. The first-order chi connectivity index (χ1) is 7.86. The van der Waals surface area contributed by atoms with Crippen LogP contribution in [-0.2, 0) is 17.5 Å². The molecule has 0 aromatic heterocycles. The predicted octanol–water partition coefficient (Wildman–Crippen LogP) is 1.27. The zero-order valence-corrected chi connectivity index (χ0v) is 8.62. The fourth-order valence-corrected chi connectivity index (χ4v) is 1.26. The number of rotatable bonds is 4. The third kappa shape index (κ3) is 3.43. The molecule has 7 heteroatoms. The van der Waals surface area contributed by atoms with Crippen molar-refractivity contribution in [3.8, 4) is 0 Å². The maximum absolute atomic E-state index is 12.4. The SMILES string of the molecule is NC(=O)c1cc(C(F)(F)F)ccc1COCO. The number of carbonyl (C=O) groups excluding carboxylic acids is 1. The van der Waals surface area contributed by atoms with E-state index in [0.29, 0.717) is 6.07 Å². The molecule has 4 nitrogen and oxygen atoms in total. The number of halogens is 3. The lowest BCUT2D eigenvalue weighted by Crippen LogP contribution is -2.16. The molecular weight excluding hydrogens is 239 g/mol. The summed E-state index contributed by atoms with van der Waals surface area (Å²) in [5.74, 6) is -0.979. The number of hydrogen-bond donors (Lipinski definition) is 2. The standard InChI is InChI=1S/C10H10F3NO3/c11-10(12,13)7-2-1-6(4-17-5-15)8(3-7)9(14)16/h1-3,15H,4-5H2,(H2,14,16). The maximum atomic E-state index is 12.4. The smallest absolute Gasteiger partial charge is 0.371 e. The van der Waals surface area contributed by atoms with Crippen LogP contribution in [0.25, 0.3) is 0 Å². The molecule has 0 aliphatic heterocycles. The Balaban J connectivity index is 3.13. The summed E-state index contributed by atoms with van der Waals surface area (Å²) in [6.07, 6.45) is -4.54. The molecule has 0 unspecified atom stereocenters. The van der Waals surface area contributed by atoms with E-state index in [1.54, 1.807) is 0 Å². The number of ether oxygens (including phenoxy) is 1. The summed E-state index contributed by atoms with van der Waals surface area (Å²) in [5.41, 5.74) is 3.94. The van der Waals surface area contributed by atoms with Crippen LogP contribution in [0, 0.1) is 0 Å². The molecule has 3 N–H and O–H groups in total. The first kappa shape index (κ1) is 13.5. The summed E-state index contributed by atoms with van der Waals surface area (Å²) in [7, 11) is 0. The van der Waals surface area contributed by atoms with Crippen molar-refractivity contribution in [2.75, 3.05) is 6.79 Å². The van der Waals surface area contributed by atoms with Gasteiger partial charge in [-0.3, -0.25) is 4.79 Å². The fourth-order valence-electron chi connectivity index (χ4n) is 1.26. The van der Waals surface area contributed by atoms with Gasteiger partial charge in [-0.1, -0.05) is 6.07 Å². The van der Waals surface area contributed by atoms with E-state index >= 15 is 0 Å². The van der Waals surface area contributed by atoms with E-state index in [1.165, 1.54) is 0 Å². The molecule has 1 aromatic carbocycles. The van der Waals surface area contributed by atoms with Gasteiger partial charge in [-0.15, -0.1) is 0 Å². The molecule has 0 fully saturated rings. The van der Waals surface area contributed by atoms with Crippen LogP contribution >= 0.6 is 0 Å². The van der Waals surface area contributed by atoms with Gasteiger partial charge in [0.1, 0.15) is 6.79 Å². The summed E-state index contributed by atoms with van der Waals surface area (Å²) < 4.78 is 41.8. The molecule has 1 rings (SSSR count). The second kappa shape index (κ2) is 5.15. The minimum atomic E-state index is -4.54. The molecule has 0 aliphatic rings. The molecule has 94 valence electrons. The molecule has 0 spiro atoms. The lowest BCUT2D eigenvalue weighted by molar-refractivity contribution is -0.137. The van der Waals surface area contributed by atoms with Gasteiger partial charge in [0, 0.05) is 5.56 Å². The van der Waals surface area contributed by atoms with Gasteiger partial charge in [0.15, 0.2) is 0 Å². The predicted molar refractivity (Wildman–Crippen MR) is 51.8 cm³/mol. The van der Waals surface area contributed by atoms with Gasteiger partial charge in [-0.05, 0) is 17.7 Å². The number of alkyl halides is 3. The third-order valence-electron chi connectivity index (χ3n) is 2.05. The fraction of sp³-hybridized carbons (Fsp3) is 0.300. The number of amides is 1. The molecule has 0 atom stereocenters. The van der Waals surface area contributed by atoms with E-state index in [-0.39, 0.29) is 17.7 Å². The highest BCUT2D eigenvalue weighted by atomic mass is 19.4. The topological polar surface area (TPSA) is 72.6 Å². The number of carbonyl (C=O) groups is 1. The second-order valence-electron chi connectivity index (χ2n) is 3.21. The minimum Gasteiger partial charge on any atom is -0.371 e. The molecule has 0 saturated heterocycles. The lowest BCUT2D eigenvalue weighted by atomic mass is 10.0. The number of aliphatic hydroxyl groups is 1. The molecule has 17 heavy (non-hydrogen) atoms. The Morgan fingerprint density at radius 3 is 2.53 bits per heavy atom. The van der Waals surface area contributed by atoms with E-state index in [4.69, 9.17) is 10.8 Å². The average molecular weight is 249 g/mol. The Kier molecular flexibility index (Phi) is 4.08. The van der Waals surface area contributed by atoms with Crippen LogP contribution in [-0.4, -0.2) is 17.8 Å². The first-order valence-electron chi connectivity index (χ1n) is 4.54. The van der Waals surface area contributed by atoms with Crippen molar-refractivity contribution in [2.24, 2.45) is 5.73 Å². The number of hydrogen-bond acceptors (Lipinski definition) is 3. The van der Waals surface area contributed by atoms with Gasteiger partial charge in [-0.2, -0.15) is 13.2 Å². The summed E-state index contributed by atoms with van der Waals surface area (Å²) in [4.78, 5) is 11.0. The largest absolute Gasteiger partial charge is 0.416 e. The Morgan fingerprint density at radius 1 is 1.41 bits per heavy atom. The van der Waals surface area contributed by atoms with Crippen LogP contribution in [0.3, 0.4) is 0 Å². The molecular formula is C10H10F3NO3. The highest BCUT2D eigenvalue weighted by molar-refractivity contribution is 5.94. The van der Waals surface area contributed by atoms with E-state index < -0.39 is 24.4 Å². The van der Waals surface area contributed by atoms with Crippen molar-refractivity contribution < 1.29 is 27.8 Å². The zero-order chi connectivity index (χ0) is 13.1. The average Bonchev–Trinajstić information content (AvgIpc) is 2.24. The van der Waals surface area contributed by atoms with Crippen molar-refractivity contribution >= 4 is 5.91 Å². The number of benzene rings is 1. The van der Waals surface area contributed by atoms with Gasteiger partial charge in [0.25, 0.3) is 0 Å². The Bertz CT molecular complexity index is 418. The molecule has 0 heterocycles. The summed E-state index contributed by atoms with van der Waals surface area (Å²) in [6, 6.07) is 2.58. The van der Waals surface area contributed by atoms with Crippen LogP contribution < -0.4 is 5.73 Å². The molecule has 1 amide bonds. The van der Waals surface area contributed by atoms with Crippen LogP contribution in [0.2, 0.25) is 0 Å². The second-order valence-corrected chi connectivity index (χ2v) is 3.21. The highest BCUT2D eigenvalue weighted by Crippen LogP contribution is 2.30. The van der Waals surface area contributed by atoms with Crippen molar-refractivity contribution in [2.45, 2.75) is 12.8 Å². The van der Waals surface area contributed by atoms with Gasteiger partial charge in [0.2, 0.25) is 5.91 Å². The van der Waals surface area contributed by atoms with Gasteiger partial charge in [0.05, 0.1) is 12.2 Å². The van der Waals surface area contributed by atoms with E-state index in [0.717, 1.165) is 12.1 Å². The van der Waals surface area contributed by atoms with Crippen LogP contribution in [0.5, 0.6) is 0 Å². The third-order valence-corrected chi connectivity index (χ3v) is 2.05. The highest BCUT2D eigenvalue weighted by Gasteiger charge is 2.31. The summed E-state index contributed by atoms with van der Waals surface area (Å²) in [5, 5.41) is 8.42.